The lowest BCUT2D eigenvalue weighted by molar-refractivity contribution is 0.220. The summed E-state index contributed by atoms with van der Waals surface area (Å²) in [7, 11) is 0. The summed E-state index contributed by atoms with van der Waals surface area (Å²) in [6.45, 7) is 4.22. The van der Waals surface area contributed by atoms with E-state index in [4.69, 9.17) is 23.2 Å². The van der Waals surface area contributed by atoms with Crippen LogP contribution in [0.4, 0.5) is 0 Å². The summed E-state index contributed by atoms with van der Waals surface area (Å²) in [6, 6.07) is 0. The molecule has 4 heteroatoms. The first-order chi connectivity index (χ1) is 7.24. The highest BCUT2D eigenvalue weighted by Crippen LogP contribution is 1.94. The van der Waals surface area contributed by atoms with Gasteiger partial charge in [0.05, 0.1) is 6.54 Å². The largest absolute Gasteiger partial charge is 0.380 e. The summed E-state index contributed by atoms with van der Waals surface area (Å²) in [6.07, 6.45) is 1.19. The normalized spacial score (nSPS) is 12.3. The Kier molecular flexibility index (Phi) is 10.6. The average molecular weight is 252 g/mol. The van der Waals surface area contributed by atoms with E-state index in [2.05, 4.69) is 16.7 Å². The summed E-state index contributed by atoms with van der Waals surface area (Å²) < 4.78 is 0. The lowest BCUT2D eigenvalue weighted by Gasteiger charge is -2.16. The number of hydrogen-bond donors (Lipinski definition) is 1. The summed E-state index contributed by atoms with van der Waals surface area (Å²) in [5.74, 6) is 6.92. The zero-order chi connectivity index (χ0) is 11.5. The second kappa shape index (κ2) is 10.6. The van der Waals surface area contributed by atoms with Gasteiger partial charge < -0.3 is 5.11 Å². The molecule has 0 aromatic heterocycles. The molecule has 0 saturated carbocycles. The van der Waals surface area contributed by atoms with Crippen LogP contribution in [0.5, 0.6) is 0 Å². The van der Waals surface area contributed by atoms with Crippen LogP contribution in [-0.2, 0) is 0 Å². The van der Waals surface area contributed by atoms with Gasteiger partial charge in [0.1, 0.15) is 6.10 Å². The Morgan fingerprint density at radius 2 is 1.87 bits per heavy atom. The Hall–Kier alpha value is 0.0600. The second-order valence-electron chi connectivity index (χ2n) is 3.28. The smallest absolute Gasteiger partial charge is 0.114 e. The molecule has 0 bridgehead atoms. The fraction of sp³-hybridized carbons (Fsp3) is 0.818. The summed E-state index contributed by atoms with van der Waals surface area (Å²) >= 11 is 11.3. The number of alkyl halides is 2. The van der Waals surface area contributed by atoms with Crippen molar-refractivity contribution in [1.29, 1.82) is 0 Å². The van der Waals surface area contributed by atoms with Crippen molar-refractivity contribution in [2.45, 2.75) is 25.9 Å². The maximum atomic E-state index is 9.38. The van der Waals surface area contributed by atoms with Crippen LogP contribution in [0.3, 0.4) is 0 Å². The lowest BCUT2D eigenvalue weighted by Crippen LogP contribution is -2.28. The average Bonchev–Trinajstić information content (AvgIpc) is 2.19. The molecule has 0 aromatic rings. The van der Waals surface area contributed by atoms with Gasteiger partial charge in [-0.25, -0.2) is 0 Å². The molecule has 1 unspecified atom stereocenters. The van der Waals surface area contributed by atoms with E-state index in [9.17, 15) is 5.11 Å². The van der Waals surface area contributed by atoms with Gasteiger partial charge in [0.25, 0.3) is 0 Å². The van der Waals surface area contributed by atoms with E-state index < -0.39 is 6.10 Å². The van der Waals surface area contributed by atoms with Gasteiger partial charge in [0, 0.05) is 24.8 Å². The van der Waals surface area contributed by atoms with Crippen molar-refractivity contribution < 1.29 is 5.11 Å². The molecule has 15 heavy (non-hydrogen) atoms. The molecule has 0 heterocycles. The molecule has 0 spiro atoms. The lowest BCUT2D eigenvalue weighted by atomic mass is 10.2. The highest BCUT2D eigenvalue weighted by atomic mass is 35.5. The number of halogens is 2. The number of hydrogen-bond acceptors (Lipinski definition) is 2. The Morgan fingerprint density at radius 1 is 1.27 bits per heavy atom. The van der Waals surface area contributed by atoms with E-state index in [0.29, 0.717) is 18.3 Å². The van der Waals surface area contributed by atoms with E-state index in [0.717, 1.165) is 25.9 Å². The van der Waals surface area contributed by atoms with Gasteiger partial charge in [-0.1, -0.05) is 25.2 Å². The molecule has 0 aliphatic carbocycles. The van der Waals surface area contributed by atoms with Crippen molar-refractivity contribution in [3.8, 4) is 11.8 Å². The van der Waals surface area contributed by atoms with Gasteiger partial charge in [0.2, 0.25) is 0 Å². The summed E-state index contributed by atoms with van der Waals surface area (Å²) in [4.78, 5) is 2.08. The zero-order valence-electron chi connectivity index (χ0n) is 9.18. The minimum absolute atomic E-state index is 0.496. The van der Waals surface area contributed by atoms with Crippen molar-refractivity contribution in [2.24, 2.45) is 0 Å². The topological polar surface area (TPSA) is 23.5 Å². The van der Waals surface area contributed by atoms with Crippen molar-refractivity contribution in [2.75, 3.05) is 31.4 Å². The quantitative estimate of drug-likeness (QED) is 0.553. The molecule has 1 N–H and O–H groups in total. The predicted octanol–water partition coefficient (Wildman–Crippen LogP) is 1.93. The van der Waals surface area contributed by atoms with Crippen LogP contribution in [-0.4, -0.2) is 47.5 Å². The SMILES string of the molecule is CCCC(O)C#CCN(CCCl)CCCl. The molecular formula is C11H19Cl2NO. The Labute approximate surface area is 103 Å². The molecule has 0 amide bonds. The first-order valence-corrected chi connectivity index (χ1v) is 6.32. The Morgan fingerprint density at radius 3 is 2.33 bits per heavy atom. The molecule has 0 fully saturated rings. The third kappa shape index (κ3) is 9.02. The van der Waals surface area contributed by atoms with Crippen LogP contribution < -0.4 is 0 Å². The number of aliphatic hydroxyl groups is 1. The van der Waals surface area contributed by atoms with Gasteiger partial charge in [0.15, 0.2) is 0 Å². The number of aliphatic hydroxyl groups excluding tert-OH is 1. The van der Waals surface area contributed by atoms with Gasteiger partial charge in [-0.05, 0) is 6.42 Å². The molecule has 2 nitrogen and oxygen atoms in total. The second-order valence-corrected chi connectivity index (χ2v) is 4.04. The zero-order valence-corrected chi connectivity index (χ0v) is 10.7. The van der Waals surface area contributed by atoms with Gasteiger partial charge in [-0.15, -0.1) is 23.2 Å². The maximum absolute atomic E-state index is 9.38. The van der Waals surface area contributed by atoms with Crippen molar-refractivity contribution in [3.63, 3.8) is 0 Å². The molecule has 0 saturated heterocycles. The van der Waals surface area contributed by atoms with Crippen LogP contribution in [0, 0.1) is 11.8 Å². The fourth-order valence-corrected chi connectivity index (χ4v) is 1.61. The molecule has 1 atom stereocenters. The third-order valence-electron chi connectivity index (χ3n) is 1.93. The van der Waals surface area contributed by atoms with Crippen molar-refractivity contribution >= 4 is 23.2 Å². The van der Waals surface area contributed by atoms with Crippen LogP contribution in [0.15, 0.2) is 0 Å². The van der Waals surface area contributed by atoms with Crippen molar-refractivity contribution in [3.05, 3.63) is 0 Å². The highest BCUT2D eigenvalue weighted by Gasteiger charge is 2.01. The summed E-state index contributed by atoms with van der Waals surface area (Å²) in [5.41, 5.74) is 0. The van der Waals surface area contributed by atoms with Gasteiger partial charge in [-0.3, -0.25) is 4.90 Å². The standard InChI is InChI=1S/C11H19Cl2NO/c1-2-4-11(15)5-3-8-14(9-6-12)10-7-13/h11,15H,2,4,6-10H2,1H3. The Balaban J connectivity index is 3.84. The minimum Gasteiger partial charge on any atom is -0.380 e. The van der Waals surface area contributed by atoms with Crippen molar-refractivity contribution in [1.82, 2.24) is 4.90 Å². The molecule has 0 aliphatic heterocycles. The van der Waals surface area contributed by atoms with E-state index in [1.54, 1.807) is 0 Å². The monoisotopic (exact) mass is 251 g/mol. The fourth-order valence-electron chi connectivity index (χ4n) is 1.13. The number of rotatable bonds is 7. The first kappa shape index (κ1) is 15.1. The number of nitrogens with zero attached hydrogens (tertiary/aromatic N) is 1. The van der Waals surface area contributed by atoms with Crippen LogP contribution >= 0.6 is 23.2 Å². The maximum Gasteiger partial charge on any atom is 0.114 e. The van der Waals surface area contributed by atoms with E-state index in [-0.39, 0.29) is 0 Å². The van der Waals surface area contributed by atoms with Crippen LogP contribution in [0.1, 0.15) is 19.8 Å². The van der Waals surface area contributed by atoms with Crippen LogP contribution in [0.25, 0.3) is 0 Å². The molecule has 0 aromatic carbocycles. The highest BCUT2D eigenvalue weighted by molar-refractivity contribution is 6.18. The predicted molar refractivity (Wildman–Crippen MR) is 66.6 cm³/mol. The minimum atomic E-state index is -0.496. The molecular weight excluding hydrogens is 233 g/mol. The summed E-state index contributed by atoms with van der Waals surface area (Å²) in [5, 5.41) is 9.38. The third-order valence-corrected chi connectivity index (χ3v) is 2.27. The molecule has 88 valence electrons. The molecule has 0 aliphatic rings. The van der Waals surface area contributed by atoms with Crippen LogP contribution in [0.2, 0.25) is 0 Å². The first-order valence-electron chi connectivity index (χ1n) is 5.25. The van der Waals surface area contributed by atoms with Gasteiger partial charge >= 0.3 is 0 Å². The van der Waals surface area contributed by atoms with E-state index >= 15 is 0 Å². The van der Waals surface area contributed by atoms with Gasteiger partial charge in [-0.2, -0.15) is 0 Å². The molecule has 0 rings (SSSR count). The molecule has 0 radical (unpaired) electrons. The van der Waals surface area contributed by atoms with E-state index in [1.807, 2.05) is 6.92 Å². The Bertz CT molecular complexity index is 194. The van der Waals surface area contributed by atoms with E-state index in [1.165, 1.54) is 0 Å².